The number of carbonyl (C=O) groups excluding carboxylic acids is 1. The first-order chi connectivity index (χ1) is 14.2. The van der Waals surface area contributed by atoms with Crippen molar-refractivity contribution in [3.05, 3.63) is 78.6 Å². The van der Waals surface area contributed by atoms with E-state index in [-0.39, 0.29) is 5.91 Å². The third-order valence-corrected chi connectivity index (χ3v) is 5.05. The van der Waals surface area contributed by atoms with Crippen LogP contribution in [0.2, 0.25) is 0 Å². The monoisotopic (exact) mass is 388 g/mol. The van der Waals surface area contributed by atoms with Crippen LogP contribution < -0.4 is 15.0 Å². The van der Waals surface area contributed by atoms with Crippen LogP contribution in [0, 0.1) is 0 Å². The molecule has 29 heavy (non-hydrogen) atoms. The lowest BCUT2D eigenvalue weighted by Gasteiger charge is -2.36. The third-order valence-electron chi connectivity index (χ3n) is 5.05. The summed E-state index contributed by atoms with van der Waals surface area (Å²) >= 11 is 0. The summed E-state index contributed by atoms with van der Waals surface area (Å²) in [5, 5.41) is 3.28. The van der Waals surface area contributed by atoms with Gasteiger partial charge in [-0.05, 0) is 48.5 Å². The van der Waals surface area contributed by atoms with Crippen LogP contribution in [-0.4, -0.2) is 49.1 Å². The summed E-state index contributed by atoms with van der Waals surface area (Å²) in [5.74, 6) is 0.824. The van der Waals surface area contributed by atoms with Crippen LogP contribution in [0.25, 0.3) is 0 Å². The minimum atomic E-state index is -0.0226. The molecule has 0 unspecified atom stereocenters. The summed E-state index contributed by atoms with van der Waals surface area (Å²) < 4.78 is 5.21. The molecule has 4 rings (SSSR count). The zero-order valence-corrected chi connectivity index (χ0v) is 16.4. The van der Waals surface area contributed by atoms with Crippen molar-refractivity contribution in [2.24, 2.45) is 0 Å². The topological polar surface area (TPSA) is 57.7 Å². The zero-order valence-electron chi connectivity index (χ0n) is 16.4. The number of piperazine rings is 1. The smallest absolute Gasteiger partial charge is 0.272 e. The first-order valence-corrected chi connectivity index (χ1v) is 9.69. The number of anilines is 3. The molecule has 3 aromatic rings. The fourth-order valence-electron chi connectivity index (χ4n) is 3.41. The average molecular weight is 388 g/mol. The number of hydrogen-bond acceptors (Lipinski definition) is 5. The number of hydrogen-bond donors (Lipinski definition) is 1. The summed E-state index contributed by atoms with van der Waals surface area (Å²) in [6.45, 7) is 2.95. The van der Waals surface area contributed by atoms with E-state index in [0.29, 0.717) is 18.8 Å². The van der Waals surface area contributed by atoms with Gasteiger partial charge < -0.3 is 19.9 Å². The summed E-state index contributed by atoms with van der Waals surface area (Å²) in [4.78, 5) is 21.3. The van der Waals surface area contributed by atoms with Gasteiger partial charge in [-0.1, -0.05) is 18.2 Å². The van der Waals surface area contributed by atoms with Gasteiger partial charge in [-0.15, -0.1) is 0 Å². The number of nitrogens with zero attached hydrogens (tertiary/aromatic N) is 3. The molecular weight excluding hydrogens is 364 g/mol. The Kier molecular flexibility index (Phi) is 5.61. The number of methoxy groups -OCH3 is 1. The Labute approximate surface area is 170 Å². The lowest BCUT2D eigenvalue weighted by molar-refractivity contribution is 0.0741. The third kappa shape index (κ3) is 4.48. The van der Waals surface area contributed by atoms with Crippen molar-refractivity contribution in [3.63, 3.8) is 0 Å². The van der Waals surface area contributed by atoms with Gasteiger partial charge in [0, 0.05) is 37.6 Å². The van der Waals surface area contributed by atoms with E-state index in [1.807, 2.05) is 53.4 Å². The number of amides is 1. The molecule has 1 N–H and O–H groups in total. The van der Waals surface area contributed by atoms with Crippen molar-refractivity contribution in [2.75, 3.05) is 43.5 Å². The predicted octanol–water partition coefficient (Wildman–Crippen LogP) is 3.80. The number of aromatic nitrogens is 1. The summed E-state index contributed by atoms with van der Waals surface area (Å²) in [6.07, 6.45) is 1.70. The van der Waals surface area contributed by atoms with Gasteiger partial charge in [0.25, 0.3) is 5.91 Å². The summed E-state index contributed by atoms with van der Waals surface area (Å²) in [5.41, 5.74) is 3.47. The molecule has 1 amide bonds. The van der Waals surface area contributed by atoms with Crippen LogP contribution in [0.15, 0.2) is 72.9 Å². The number of ether oxygens (including phenoxy) is 1. The molecule has 2 heterocycles. The van der Waals surface area contributed by atoms with Crippen molar-refractivity contribution in [1.82, 2.24) is 9.88 Å². The van der Waals surface area contributed by atoms with E-state index in [2.05, 4.69) is 27.3 Å². The highest BCUT2D eigenvalue weighted by atomic mass is 16.5. The minimum Gasteiger partial charge on any atom is -0.497 e. The molecule has 0 radical (unpaired) electrons. The van der Waals surface area contributed by atoms with Crippen LogP contribution >= 0.6 is 0 Å². The van der Waals surface area contributed by atoms with Gasteiger partial charge in [-0.3, -0.25) is 4.79 Å². The normalized spacial score (nSPS) is 13.8. The average Bonchev–Trinajstić information content (AvgIpc) is 2.80. The molecule has 0 saturated carbocycles. The number of para-hydroxylation sites is 1. The first-order valence-electron chi connectivity index (χ1n) is 9.69. The van der Waals surface area contributed by atoms with Crippen LogP contribution in [-0.2, 0) is 0 Å². The number of benzene rings is 2. The number of pyridine rings is 1. The van der Waals surface area contributed by atoms with Crippen molar-refractivity contribution in [1.29, 1.82) is 0 Å². The van der Waals surface area contributed by atoms with Gasteiger partial charge in [-0.2, -0.15) is 0 Å². The maximum atomic E-state index is 12.8. The summed E-state index contributed by atoms with van der Waals surface area (Å²) in [7, 11) is 1.66. The van der Waals surface area contributed by atoms with Crippen LogP contribution in [0.4, 0.5) is 17.1 Å². The molecule has 0 atom stereocenters. The SMILES string of the molecule is COc1ccc(N2CCN(C(=O)c3ccc(Nc4ccccc4)cn3)CC2)cc1. The maximum Gasteiger partial charge on any atom is 0.272 e. The van der Waals surface area contributed by atoms with E-state index < -0.39 is 0 Å². The van der Waals surface area contributed by atoms with Gasteiger partial charge in [0.15, 0.2) is 0 Å². The van der Waals surface area contributed by atoms with E-state index in [0.717, 1.165) is 35.9 Å². The van der Waals surface area contributed by atoms with Gasteiger partial charge >= 0.3 is 0 Å². The van der Waals surface area contributed by atoms with Crippen LogP contribution in [0.1, 0.15) is 10.5 Å². The molecule has 1 aliphatic rings. The number of rotatable bonds is 5. The molecule has 0 aliphatic carbocycles. The van der Waals surface area contributed by atoms with E-state index in [9.17, 15) is 4.79 Å². The van der Waals surface area contributed by atoms with Gasteiger partial charge in [0.2, 0.25) is 0 Å². The van der Waals surface area contributed by atoms with E-state index in [1.165, 1.54) is 0 Å². The van der Waals surface area contributed by atoms with Crippen molar-refractivity contribution in [3.8, 4) is 5.75 Å². The molecule has 2 aromatic carbocycles. The molecule has 148 valence electrons. The molecule has 1 aliphatic heterocycles. The van der Waals surface area contributed by atoms with Gasteiger partial charge in [-0.25, -0.2) is 4.98 Å². The molecule has 6 nitrogen and oxygen atoms in total. The first kappa shape index (κ1) is 18.8. The second-order valence-electron chi connectivity index (χ2n) is 6.90. The predicted molar refractivity (Wildman–Crippen MR) is 115 cm³/mol. The molecule has 1 saturated heterocycles. The largest absolute Gasteiger partial charge is 0.497 e. The van der Waals surface area contributed by atoms with Gasteiger partial charge in [0.05, 0.1) is 19.0 Å². The highest BCUT2D eigenvalue weighted by Crippen LogP contribution is 2.21. The molecule has 6 heteroatoms. The second kappa shape index (κ2) is 8.65. The van der Waals surface area contributed by atoms with Crippen LogP contribution in [0.3, 0.4) is 0 Å². The van der Waals surface area contributed by atoms with Crippen molar-refractivity contribution < 1.29 is 9.53 Å². The Morgan fingerprint density at radius 1 is 0.897 bits per heavy atom. The lowest BCUT2D eigenvalue weighted by atomic mass is 10.2. The second-order valence-corrected chi connectivity index (χ2v) is 6.90. The molecule has 1 fully saturated rings. The Morgan fingerprint density at radius 2 is 1.62 bits per heavy atom. The fraction of sp³-hybridized carbons (Fsp3) is 0.217. The summed E-state index contributed by atoms with van der Waals surface area (Å²) in [6, 6.07) is 21.6. The number of carbonyl (C=O) groups is 1. The zero-order chi connectivity index (χ0) is 20.1. The Morgan fingerprint density at radius 3 is 2.24 bits per heavy atom. The van der Waals surface area contributed by atoms with Crippen molar-refractivity contribution >= 4 is 23.0 Å². The van der Waals surface area contributed by atoms with Crippen molar-refractivity contribution in [2.45, 2.75) is 0 Å². The highest BCUT2D eigenvalue weighted by molar-refractivity contribution is 5.92. The van der Waals surface area contributed by atoms with E-state index in [1.54, 1.807) is 19.4 Å². The lowest BCUT2D eigenvalue weighted by Crippen LogP contribution is -2.49. The van der Waals surface area contributed by atoms with E-state index in [4.69, 9.17) is 4.74 Å². The maximum absolute atomic E-state index is 12.8. The Bertz CT molecular complexity index is 935. The standard InChI is InChI=1S/C23H24N4O2/c1-29-21-10-8-20(9-11-21)26-13-15-27(16-14-26)23(28)22-12-7-19(17-24-22)25-18-5-3-2-4-6-18/h2-12,17,25H,13-16H2,1H3. The Balaban J connectivity index is 1.34. The quantitative estimate of drug-likeness (QED) is 0.721. The molecule has 0 bridgehead atoms. The molecule has 1 aromatic heterocycles. The van der Waals surface area contributed by atoms with E-state index >= 15 is 0 Å². The molecule has 0 spiro atoms. The van der Waals surface area contributed by atoms with Gasteiger partial charge in [0.1, 0.15) is 11.4 Å². The minimum absolute atomic E-state index is 0.0226. The Hall–Kier alpha value is -3.54. The molecular formula is C23H24N4O2. The highest BCUT2D eigenvalue weighted by Gasteiger charge is 2.23. The fourth-order valence-corrected chi connectivity index (χ4v) is 3.41. The van der Waals surface area contributed by atoms with Crippen LogP contribution in [0.5, 0.6) is 5.75 Å². The number of nitrogens with one attached hydrogen (secondary N) is 1.